The van der Waals surface area contributed by atoms with Gasteiger partial charge in [0.05, 0.1) is 5.41 Å². The maximum absolute atomic E-state index is 13.2. The minimum atomic E-state index is -0.565. The van der Waals surface area contributed by atoms with Gasteiger partial charge in [0.15, 0.2) is 0 Å². The summed E-state index contributed by atoms with van der Waals surface area (Å²) in [6.45, 7) is 1.55. The predicted octanol–water partition coefficient (Wildman–Crippen LogP) is 3.27. The van der Waals surface area contributed by atoms with Crippen molar-refractivity contribution < 1.29 is 13.9 Å². The molecule has 0 aromatic heterocycles. The normalized spacial score (nSPS) is 24.5. The number of hydrogen-bond acceptors (Lipinski definition) is 3. The number of likely N-dealkylation sites (tertiary alicyclic amines) is 1. The van der Waals surface area contributed by atoms with E-state index in [-0.39, 0.29) is 11.8 Å². The largest absolute Gasteiger partial charge is 0.463 e. The lowest BCUT2D eigenvalue weighted by Crippen LogP contribution is -2.38. The highest BCUT2D eigenvalue weighted by Gasteiger charge is 2.44. The first-order chi connectivity index (χ1) is 10.6. The van der Waals surface area contributed by atoms with Gasteiger partial charge >= 0.3 is 5.97 Å². The zero-order valence-corrected chi connectivity index (χ0v) is 13.2. The number of ether oxygens (including phenoxy) is 1. The summed E-state index contributed by atoms with van der Waals surface area (Å²) in [5.74, 6) is -0.394. The molecule has 1 aliphatic carbocycles. The molecule has 22 heavy (non-hydrogen) atoms. The summed E-state index contributed by atoms with van der Waals surface area (Å²) in [6, 6.07) is 6.70. The summed E-state index contributed by atoms with van der Waals surface area (Å²) < 4.78 is 18.9. The number of carbonyl (C=O) groups is 1. The molecule has 0 N–H and O–H groups in total. The predicted molar refractivity (Wildman–Crippen MR) is 83.2 cm³/mol. The van der Waals surface area contributed by atoms with E-state index in [9.17, 15) is 9.18 Å². The van der Waals surface area contributed by atoms with Crippen molar-refractivity contribution in [2.75, 3.05) is 20.2 Å². The molecule has 1 aliphatic heterocycles. The first kappa shape index (κ1) is 15.5. The molecule has 1 aromatic rings. The zero-order valence-electron chi connectivity index (χ0n) is 13.2. The molecule has 1 aromatic carbocycles. The molecule has 0 bridgehead atoms. The molecule has 4 heteroatoms. The van der Waals surface area contributed by atoms with Crippen molar-refractivity contribution in [3.05, 3.63) is 35.6 Å². The van der Waals surface area contributed by atoms with Crippen LogP contribution in [0.1, 0.15) is 44.1 Å². The topological polar surface area (TPSA) is 29.5 Å². The Kier molecular flexibility index (Phi) is 4.48. The molecule has 1 saturated heterocycles. The van der Waals surface area contributed by atoms with Gasteiger partial charge in [0.25, 0.3) is 0 Å². The monoisotopic (exact) mass is 305 g/mol. The Morgan fingerprint density at radius 3 is 2.55 bits per heavy atom. The summed E-state index contributed by atoms with van der Waals surface area (Å²) in [5.41, 5.74) is 0.335. The van der Waals surface area contributed by atoms with Gasteiger partial charge in [0, 0.05) is 6.04 Å². The molecular formula is C18H24FNO2. The molecule has 0 radical (unpaired) electrons. The van der Waals surface area contributed by atoms with E-state index < -0.39 is 5.41 Å². The van der Waals surface area contributed by atoms with Crippen LogP contribution in [0.15, 0.2) is 24.3 Å². The number of carbonyl (C=O) groups excluding carboxylic acids is 1. The van der Waals surface area contributed by atoms with Crippen LogP contribution in [0.5, 0.6) is 0 Å². The highest BCUT2D eigenvalue weighted by molar-refractivity contribution is 5.83. The molecule has 2 fully saturated rings. The van der Waals surface area contributed by atoms with Gasteiger partial charge in [-0.1, -0.05) is 25.0 Å². The van der Waals surface area contributed by atoms with Crippen molar-refractivity contribution in [2.45, 2.75) is 50.0 Å². The summed E-state index contributed by atoms with van der Waals surface area (Å²) in [7, 11) is 2.08. The Morgan fingerprint density at radius 2 is 1.95 bits per heavy atom. The van der Waals surface area contributed by atoms with Crippen molar-refractivity contribution in [1.29, 1.82) is 0 Å². The second-order valence-corrected chi connectivity index (χ2v) is 6.67. The van der Waals surface area contributed by atoms with E-state index in [1.807, 2.05) is 0 Å². The van der Waals surface area contributed by atoms with Crippen LogP contribution in [-0.4, -0.2) is 37.1 Å². The molecular weight excluding hydrogens is 281 g/mol. The highest BCUT2D eigenvalue weighted by Crippen LogP contribution is 2.42. The second-order valence-electron chi connectivity index (χ2n) is 6.67. The Morgan fingerprint density at radius 1 is 1.27 bits per heavy atom. The summed E-state index contributed by atoms with van der Waals surface area (Å²) >= 11 is 0. The molecule has 120 valence electrons. The third-order valence-electron chi connectivity index (χ3n) is 5.32. The number of benzene rings is 1. The van der Waals surface area contributed by atoms with E-state index in [0.717, 1.165) is 44.2 Å². The van der Waals surface area contributed by atoms with E-state index >= 15 is 0 Å². The van der Waals surface area contributed by atoms with Crippen LogP contribution in [0.25, 0.3) is 0 Å². The van der Waals surface area contributed by atoms with Gasteiger partial charge in [-0.3, -0.25) is 4.79 Å². The van der Waals surface area contributed by atoms with Crippen LogP contribution < -0.4 is 0 Å². The number of likely N-dealkylation sites (N-methyl/N-ethyl adjacent to an activating group) is 1. The highest BCUT2D eigenvalue weighted by atomic mass is 19.1. The number of esters is 1. The Bertz CT molecular complexity index is 522. The van der Waals surface area contributed by atoms with E-state index in [4.69, 9.17) is 4.74 Å². The molecule has 1 saturated carbocycles. The van der Waals surface area contributed by atoms with Gasteiger partial charge in [-0.05, 0) is 57.0 Å². The van der Waals surface area contributed by atoms with Gasteiger partial charge in [-0.2, -0.15) is 0 Å². The third-order valence-corrected chi connectivity index (χ3v) is 5.32. The minimum Gasteiger partial charge on any atom is -0.463 e. The summed E-state index contributed by atoms with van der Waals surface area (Å²) in [6.07, 6.45) is 5.91. The van der Waals surface area contributed by atoms with Crippen molar-refractivity contribution >= 4 is 5.97 Å². The second kappa shape index (κ2) is 6.37. The van der Waals surface area contributed by atoms with Crippen molar-refractivity contribution in [2.24, 2.45) is 0 Å². The van der Waals surface area contributed by atoms with E-state index in [1.54, 1.807) is 12.1 Å². The number of halogens is 1. The molecule has 2 aliphatic rings. The molecule has 3 nitrogen and oxygen atoms in total. The molecule has 0 unspecified atom stereocenters. The maximum atomic E-state index is 13.2. The van der Waals surface area contributed by atoms with Gasteiger partial charge in [0.1, 0.15) is 12.4 Å². The number of hydrogen-bond donors (Lipinski definition) is 0. The Hall–Kier alpha value is -1.42. The lowest BCUT2D eigenvalue weighted by atomic mass is 9.79. The summed E-state index contributed by atoms with van der Waals surface area (Å²) in [5, 5.41) is 0. The smallest absolute Gasteiger partial charge is 0.316 e. The minimum absolute atomic E-state index is 0.128. The molecule has 1 atom stereocenters. The van der Waals surface area contributed by atoms with Crippen molar-refractivity contribution in [1.82, 2.24) is 4.90 Å². The van der Waals surface area contributed by atoms with Crippen LogP contribution in [0.2, 0.25) is 0 Å². The quantitative estimate of drug-likeness (QED) is 0.800. The molecule has 3 rings (SSSR count). The maximum Gasteiger partial charge on any atom is 0.316 e. The third kappa shape index (κ3) is 2.89. The lowest BCUT2D eigenvalue weighted by Gasteiger charge is -2.29. The fourth-order valence-corrected chi connectivity index (χ4v) is 3.86. The SMILES string of the molecule is CN1CCC[C@H]1COC(=O)C1(c2ccc(F)cc2)CCCC1. The fourth-order valence-electron chi connectivity index (χ4n) is 3.86. The molecule has 0 spiro atoms. The first-order valence-electron chi connectivity index (χ1n) is 8.25. The van der Waals surface area contributed by atoms with Crippen LogP contribution in [0, 0.1) is 5.82 Å². The number of rotatable bonds is 4. The van der Waals surface area contributed by atoms with Crippen LogP contribution in [-0.2, 0) is 14.9 Å². The van der Waals surface area contributed by atoms with Gasteiger partial charge in [-0.15, -0.1) is 0 Å². The first-order valence-corrected chi connectivity index (χ1v) is 8.25. The zero-order chi connectivity index (χ0) is 15.6. The lowest BCUT2D eigenvalue weighted by molar-refractivity contribution is -0.152. The Balaban J connectivity index is 1.72. The average Bonchev–Trinajstić information content (AvgIpc) is 3.15. The fraction of sp³-hybridized carbons (Fsp3) is 0.611. The van der Waals surface area contributed by atoms with Crippen molar-refractivity contribution in [3.63, 3.8) is 0 Å². The van der Waals surface area contributed by atoms with Crippen molar-refractivity contribution in [3.8, 4) is 0 Å². The van der Waals surface area contributed by atoms with E-state index in [2.05, 4.69) is 11.9 Å². The van der Waals surface area contributed by atoms with Crippen LogP contribution >= 0.6 is 0 Å². The van der Waals surface area contributed by atoms with Gasteiger partial charge < -0.3 is 9.64 Å². The standard InChI is InChI=1S/C18H24FNO2/c1-20-12-4-5-16(20)13-22-17(21)18(10-2-3-11-18)14-6-8-15(19)9-7-14/h6-9,16H,2-5,10-13H2,1H3/t16-/m0/s1. The van der Waals surface area contributed by atoms with Gasteiger partial charge in [-0.25, -0.2) is 4.39 Å². The van der Waals surface area contributed by atoms with Gasteiger partial charge in [0.2, 0.25) is 0 Å². The molecule has 0 amide bonds. The average molecular weight is 305 g/mol. The van der Waals surface area contributed by atoms with Crippen LogP contribution in [0.4, 0.5) is 4.39 Å². The number of nitrogens with zero attached hydrogens (tertiary/aromatic N) is 1. The van der Waals surface area contributed by atoms with E-state index in [0.29, 0.717) is 12.6 Å². The van der Waals surface area contributed by atoms with Crippen LogP contribution in [0.3, 0.4) is 0 Å². The molecule has 1 heterocycles. The Labute approximate surface area is 131 Å². The summed E-state index contributed by atoms with van der Waals surface area (Å²) in [4.78, 5) is 15.0. The van der Waals surface area contributed by atoms with E-state index in [1.165, 1.54) is 18.6 Å².